The van der Waals surface area contributed by atoms with Gasteiger partial charge in [0.2, 0.25) is 5.78 Å². The molecule has 4 aliphatic rings. The Morgan fingerprint density at radius 2 is 1.71 bits per heavy atom. The van der Waals surface area contributed by atoms with Gasteiger partial charge in [-0.05, 0) is 96.8 Å². The number of aliphatic hydroxyl groups is 1. The van der Waals surface area contributed by atoms with Crippen molar-refractivity contribution in [3.05, 3.63) is 46.8 Å². The summed E-state index contributed by atoms with van der Waals surface area (Å²) in [5.74, 6) is 1.14. The number of hydrogen-bond acceptors (Lipinski definition) is 4. The summed E-state index contributed by atoms with van der Waals surface area (Å²) in [6, 6.07) is 0. The van der Waals surface area contributed by atoms with Crippen LogP contribution in [0.1, 0.15) is 79.6 Å². The fourth-order valence-electron chi connectivity index (χ4n) is 7.74. The number of hydrogen-bond donors (Lipinski definition) is 1. The summed E-state index contributed by atoms with van der Waals surface area (Å²) in [7, 11) is -3.02. The lowest BCUT2D eigenvalue weighted by atomic mass is 9.52. The van der Waals surface area contributed by atoms with Crippen molar-refractivity contribution < 1.29 is 18.3 Å². The smallest absolute Gasteiger partial charge is 0.220 e. The lowest BCUT2D eigenvalue weighted by Gasteiger charge is -2.53. The van der Waals surface area contributed by atoms with Crippen LogP contribution in [0.3, 0.4) is 0 Å². The van der Waals surface area contributed by atoms with Crippen molar-refractivity contribution >= 4 is 15.6 Å². The molecule has 0 radical (unpaired) electrons. The van der Waals surface area contributed by atoms with Crippen molar-refractivity contribution in [2.24, 2.45) is 34.0 Å². The third kappa shape index (κ3) is 4.62. The predicted molar refractivity (Wildman–Crippen MR) is 138 cm³/mol. The van der Waals surface area contributed by atoms with E-state index in [0.29, 0.717) is 17.8 Å². The van der Waals surface area contributed by atoms with E-state index >= 15 is 0 Å². The summed E-state index contributed by atoms with van der Waals surface area (Å²) in [6.07, 6.45) is 16.2. The van der Waals surface area contributed by atoms with Gasteiger partial charge in [-0.2, -0.15) is 0 Å². The van der Waals surface area contributed by atoms with E-state index in [1.165, 1.54) is 11.8 Å². The Bertz CT molecular complexity index is 1110. The molecule has 0 unspecified atom stereocenters. The summed E-state index contributed by atoms with van der Waals surface area (Å²) in [5.41, 5.74) is 3.23. The highest BCUT2D eigenvalue weighted by Crippen LogP contribution is 2.58. The van der Waals surface area contributed by atoms with Gasteiger partial charge < -0.3 is 5.11 Å². The van der Waals surface area contributed by atoms with Gasteiger partial charge in [0.25, 0.3) is 0 Å². The number of ketones is 1. The topological polar surface area (TPSA) is 71.4 Å². The van der Waals surface area contributed by atoms with Crippen LogP contribution in [-0.4, -0.2) is 31.3 Å². The van der Waals surface area contributed by atoms with E-state index < -0.39 is 9.84 Å². The number of fused-ring (bicyclic) bond motifs is 4. The van der Waals surface area contributed by atoms with Gasteiger partial charge in [0, 0.05) is 11.7 Å². The highest BCUT2D eigenvalue weighted by atomic mass is 32.2. The third-order valence-corrected chi connectivity index (χ3v) is 11.0. The molecule has 0 aliphatic heterocycles. The zero-order valence-corrected chi connectivity index (χ0v) is 22.6. The van der Waals surface area contributed by atoms with E-state index in [1.807, 2.05) is 0 Å². The SMILES string of the molecule is C[C@@H]1CC[C@@]2(C)C3=CC(=O)C(O)=CC3=CC=C2[C@@H](C)CC[C@@]2(C)CC[C@@](C)(CS(C)(=O)=O)C[C@@H]12. The quantitative estimate of drug-likeness (QED) is 0.483. The number of sulfone groups is 1. The lowest BCUT2D eigenvalue weighted by Crippen LogP contribution is -2.45. The Kier molecular flexibility index (Phi) is 6.37. The first-order valence-electron chi connectivity index (χ1n) is 12.9. The average molecular weight is 487 g/mol. The molecule has 5 heteroatoms. The van der Waals surface area contributed by atoms with Crippen molar-refractivity contribution in [1.82, 2.24) is 0 Å². The van der Waals surface area contributed by atoms with E-state index in [-0.39, 0.29) is 33.5 Å². The van der Waals surface area contributed by atoms with Crippen LogP contribution in [0.25, 0.3) is 0 Å². The summed E-state index contributed by atoms with van der Waals surface area (Å²) in [5, 5.41) is 10.0. The summed E-state index contributed by atoms with van der Waals surface area (Å²) >= 11 is 0. The van der Waals surface area contributed by atoms with Gasteiger partial charge in [-0.15, -0.1) is 0 Å². The van der Waals surface area contributed by atoms with Crippen LogP contribution in [0, 0.1) is 34.0 Å². The molecule has 34 heavy (non-hydrogen) atoms. The number of allylic oxidation sites excluding steroid dienone is 7. The monoisotopic (exact) mass is 486 g/mol. The van der Waals surface area contributed by atoms with Gasteiger partial charge >= 0.3 is 0 Å². The number of carbonyl (C=O) groups is 1. The Labute approximate surface area is 206 Å². The maximum Gasteiger partial charge on any atom is 0.220 e. The molecule has 0 amide bonds. The Hall–Kier alpha value is -1.62. The number of aliphatic hydroxyl groups excluding tert-OH is 1. The van der Waals surface area contributed by atoms with Crippen LogP contribution in [0.15, 0.2) is 46.8 Å². The van der Waals surface area contributed by atoms with Crippen LogP contribution in [0.2, 0.25) is 0 Å². The molecule has 4 rings (SSSR count). The van der Waals surface area contributed by atoms with E-state index in [2.05, 4.69) is 46.8 Å². The normalized spacial score (nSPS) is 41.1. The van der Waals surface area contributed by atoms with Gasteiger partial charge in [-0.25, -0.2) is 8.42 Å². The van der Waals surface area contributed by atoms with Gasteiger partial charge in [-0.1, -0.05) is 52.3 Å². The van der Waals surface area contributed by atoms with E-state index in [9.17, 15) is 18.3 Å². The Morgan fingerprint density at radius 3 is 2.38 bits per heavy atom. The molecular formula is C29H42O4S. The molecule has 0 bridgehead atoms. The Morgan fingerprint density at radius 1 is 1.00 bits per heavy atom. The molecule has 0 aromatic heterocycles. The van der Waals surface area contributed by atoms with E-state index in [0.717, 1.165) is 56.1 Å². The first kappa shape index (κ1) is 25.5. The fraction of sp³-hybridized carbons (Fsp3) is 0.690. The van der Waals surface area contributed by atoms with Crippen molar-refractivity contribution in [2.75, 3.05) is 12.0 Å². The summed E-state index contributed by atoms with van der Waals surface area (Å²) < 4.78 is 24.4. The van der Waals surface area contributed by atoms with Crippen molar-refractivity contribution in [2.45, 2.75) is 79.6 Å². The highest BCUT2D eigenvalue weighted by molar-refractivity contribution is 7.90. The van der Waals surface area contributed by atoms with Crippen molar-refractivity contribution in [3.8, 4) is 0 Å². The molecule has 6 atom stereocenters. The first-order valence-corrected chi connectivity index (χ1v) is 15.0. The molecule has 0 spiro atoms. The van der Waals surface area contributed by atoms with Crippen LogP contribution in [-0.2, 0) is 14.6 Å². The van der Waals surface area contributed by atoms with Crippen molar-refractivity contribution in [1.29, 1.82) is 0 Å². The van der Waals surface area contributed by atoms with Gasteiger partial charge in [0.1, 0.15) is 9.84 Å². The molecule has 2 saturated carbocycles. The van der Waals surface area contributed by atoms with Crippen LogP contribution in [0.5, 0.6) is 0 Å². The highest BCUT2D eigenvalue weighted by Gasteiger charge is 2.49. The largest absolute Gasteiger partial charge is 0.504 e. The molecule has 2 fully saturated rings. The van der Waals surface area contributed by atoms with E-state index in [1.54, 1.807) is 12.2 Å². The zero-order chi connectivity index (χ0) is 25.1. The second-order valence-electron chi connectivity index (χ2n) is 12.8. The molecule has 0 heterocycles. The van der Waals surface area contributed by atoms with Crippen LogP contribution < -0.4 is 0 Å². The molecule has 0 saturated heterocycles. The molecule has 188 valence electrons. The second kappa shape index (κ2) is 8.50. The predicted octanol–water partition coefficient (Wildman–Crippen LogP) is 6.51. The van der Waals surface area contributed by atoms with E-state index in [4.69, 9.17) is 0 Å². The van der Waals surface area contributed by atoms with Gasteiger partial charge in [0.05, 0.1) is 5.75 Å². The summed E-state index contributed by atoms with van der Waals surface area (Å²) in [4.78, 5) is 12.4. The maximum atomic E-state index is 12.4. The minimum absolute atomic E-state index is 0.155. The third-order valence-electron chi connectivity index (χ3n) is 9.79. The molecule has 0 aromatic carbocycles. The number of carbonyl (C=O) groups excluding carboxylic acids is 1. The van der Waals surface area contributed by atoms with Crippen molar-refractivity contribution in [3.63, 3.8) is 0 Å². The van der Waals surface area contributed by atoms with Crippen LogP contribution >= 0.6 is 0 Å². The summed E-state index contributed by atoms with van der Waals surface area (Å²) in [6.45, 7) is 11.6. The molecule has 4 nitrogen and oxygen atoms in total. The molecule has 4 aliphatic carbocycles. The van der Waals surface area contributed by atoms with Gasteiger partial charge in [0.15, 0.2) is 5.76 Å². The maximum absolute atomic E-state index is 12.4. The Balaban J connectivity index is 1.68. The standard InChI is InChI=1S/C29H42O4S/c1-19-9-11-28(4)14-13-27(3,18-34(6,32)33)17-24(28)20(2)10-12-29(5)22(19)8-7-21-15-25(30)26(31)16-23(21)29/h7-8,15-16,19-20,24,30H,9-14,17-18H2,1-6H3/t19-,20+,24-,27+,28-,29+/m0/s1. The molecule has 1 N–H and O–H groups in total. The molecule has 0 aromatic rings. The lowest BCUT2D eigenvalue weighted by molar-refractivity contribution is -0.113. The second-order valence-corrected chi connectivity index (χ2v) is 15.0. The molecular weight excluding hydrogens is 444 g/mol. The van der Waals surface area contributed by atoms with Gasteiger partial charge in [-0.3, -0.25) is 4.79 Å². The number of rotatable bonds is 2. The minimum Gasteiger partial charge on any atom is -0.504 e. The fourth-order valence-corrected chi connectivity index (χ4v) is 9.27. The first-order chi connectivity index (χ1) is 15.7. The van der Waals surface area contributed by atoms with Crippen LogP contribution in [0.4, 0.5) is 0 Å². The average Bonchev–Trinajstić information content (AvgIpc) is 2.72. The minimum atomic E-state index is -3.02. The zero-order valence-electron chi connectivity index (χ0n) is 21.8.